The summed E-state index contributed by atoms with van der Waals surface area (Å²) in [5, 5.41) is 3.41. The number of benzene rings is 2. The van der Waals surface area contributed by atoms with Gasteiger partial charge in [0.25, 0.3) is 0 Å². The average Bonchev–Trinajstić information content (AvgIpc) is 2.68. The Hall–Kier alpha value is -2.04. The third-order valence-electron chi connectivity index (χ3n) is 4.69. The molecule has 2 aromatic rings. The fourth-order valence-corrected chi connectivity index (χ4v) is 3.19. The molecule has 4 heteroatoms. The van der Waals surface area contributed by atoms with E-state index in [-0.39, 0.29) is 0 Å². The lowest BCUT2D eigenvalue weighted by Crippen LogP contribution is -2.44. The molecule has 2 aromatic carbocycles. The highest BCUT2D eigenvalue weighted by atomic mass is 16.5. The van der Waals surface area contributed by atoms with E-state index in [1.54, 1.807) is 0 Å². The van der Waals surface area contributed by atoms with Crippen molar-refractivity contribution >= 4 is 0 Å². The molecule has 1 atom stereocenters. The number of rotatable bonds is 7. The largest absolute Gasteiger partial charge is 0.490 e. The Morgan fingerprint density at radius 3 is 2.48 bits per heavy atom. The predicted octanol–water partition coefficient (Wildman–Crippen LogP) is 3.63. The van der Waals surface area contributed by atoms with Crippen molar-refractivity contribution in [3.63, 3.8) is 0 Å². The minimum Gasteiger partial charge on any atom is -0.490 e. The molecule has 0 bridgehead atoms. The smallest absolute Gasteiger partial charge is 0.161 e. The van der Waals surface area contributed by atoms with E-state index in [9.17, 15) is 0 Å². The van der Waals surface area contributed by atoms with Gasteiger partial charge in [0.1, 0.15) is 6.61 Å². The van der Waals surface area contributed by atoms with Crippen LogP contribution in [0.1, 0.15) is 31.0 Å². The second-order valence-corrected chi connectivity index (χ2v) is 6.38. The summed E-state index contributed by atoms with van der Waals surface area (Å²) >= 11 is 0. The summed E-state index contributed by atoms with van der Waals surface area (Å²) in [5.41, 5.74) is 2.43. The van der Waals surface area contributed by atoms with E-state index in [1.165, 1.54) is 5.56 Å². The van der Waals surface area contributed by atoms with Crippen molar-refractivity contribution in [1.82, 2.24) is 10.2 Å². The van der Waals surface area contributed by atoms with E-state index in [0.717, 1.165) is 43.2 Å². The molecule has 1 unspecified atom stereocenters. The van der Waals surface area contributed by atoms with Gasteiger partial charge in [-0.1, -0.05) is 36.4 Å². The van der Waals surface area contributed by atoms with E-state index in [4.69, 9.17) is 9.47 Å². The molecule has 0 spiro atoms. The molecule has 1 saturated heterocycles. The third kappa shape index (κ3) is 4.74. The summed E-state index contributed by atoms with van der Waals surface area (Å²) < 4.78 is 11.9. The zero-order chi connectivity index (χ0) is 17.5. The van der Waals surface area contributed by atoms with Crippen LogP contribution in [0.3, 0.4) is 0 Å². The van der Waals surface area contributed by atoms with Crippen LogP contribution in [0, 0.1) is 0 Å². The fourth-order valence-electron chi connectivity index (χ4n) is 3.19. The van der Waals surface area contributed by atoms with Crippen molar-refractivity contribution in [2.75, 3.05) is 32.8 Å². The molecule has 1 fully saturated rings. The molecule has 1 N–H and O–H groups in total. The SMILES string of the molecule is CCOc1cc(C(C)N2CCNCC2)ccc1OCc1ccccc1. The van der Waals surface area contributed by atoms with Gasteiger partial charge in [-0.2, -0.15) is 0 Å². The van der Waals surface area contributed by atoms with Crippen LogP contribution in [0.15, 0.2) is 48.5 Å². The molecular formula is C21H28N2O2. The van der Waals surface area contributed by atoms with Crippen molar-refractivity contribution in [1.29, 1.82) is 0 Å². The molecule has 1 aliphatic heterocycles. The van der Waals surface area contributed by atoms with Gasteiger partial charge in [-0.05, 0) is 37.1 Å². The number of hydrogen-bond donors (Lipinski definition) is 1. The van der Waals surface area contributed by atoms with Crippen LogP contribution in [0.2, 0.25) is 0 Å². The van der Waals surface area contributed by atoms with Gasteiger partial charge in [0, 0.05) is 32.2 Å². The molecule has 0 aliphatic carbocycles. The number of nitrogens with zero attached hydrogens (tertiary/aromatic N) is 1. The monoisotopic (exact) mass is 340 g/mol. The van der Waals surface area contributed by atoms with Gasteiger partial charge in [0.2, 0.25) is 0 Å². The first-order chi connectivity index (χ1) is 12.3. The number of nitrogens with one attached hydrogen (secondary N) is 1. The van der Waals surface area contributed by atoms with Gasteiger partial charge < -0.3 is 14.8 Å². The summed E-state index contributed by atoms with van der Waals surface area (Å²) in [6.07, 6.45) is 0. The van der Waals surface area contributed by atoms with Crippen molar-refractivity contribution < 1.29 is 9.47 Å². The average molecular weight is 340 g/mol. The van der Waals surface area contributed by atoms with Crippen LogP contribution >= 0.6 is 0 Å². The Morgan fingerprint density at radius 2 is 1.76 bits per heavy atom. The molecule has 0 aromatic heterocycles. The van der Waals surface area contributed by atoms with Crippen LogP contribution in [-0.2, 0) is 6.61 Å². The van der Waals surface area contributed by atoms with E-state index in [2.05, 4.69) is 41.4 Å². The van der Waals surface area contributed by atoms with Crippen LogP contribution in [0.5, 0.6) is 11.5 Å². The first-order valence-electron chi connectivity index (χ1n) is 9.16. The maximum atomic E-state index is 6.01. The van der Waals surface area contributed by atoms with Crippen molar-refractivity contribution in [3.05, 3.63) is 59.7 Å². The van der Waals surface area contributed by atoms with Gasteiger partial charge >= 0.3 is 0 Å². The highest BCUT2D eigenvalue weighted by Gasteiger charge is 2.19. The predicted molar refractivity (Wildman–Crippen MR) is 101 cm³/mol. The van der Waals surface area contributed by atoms with Crippen LogP contribution in [0.4, 0.5) is 0 Å². The molecule has 25 heavy (non-hydrogen) atoms. The van der Waals surface area contributed by atoms with Crippen LogP contribution in [0.25, 0.3) is 0 Å². The van der Waals surface area contributed by atoms with Gasteiger partial charge in [-0.25, -0.2) is 0 Å². The second kappa shape index (κ2) is 8.88. The summed E-state index contributed by atoms with van der Waals surface area (Å²) in [5.74, 6) is 1.64. The highest BCUT2D eigenvalue weighted by molar-refractivity contribution is 5.44. The summed E-state index contributed by atoms with van der Waals surface area (Å²) in [7, 11) is 0. The fraction of sp³-hybridized carbons (Fsp3) is 0.429. The van der Waals surface area contributed by atoms with Gasteiger partial charge in [0.05, 0.1) is 6.61 Å². The van der Waals surface area contributed by atoms with Gasteiger partial charge in [-0.15, -0.1) is 0 Å². The minimum absolute atomic E-state index is 0.379. The molecule has 1 heterocycles. The first kappa shape index (κ1) is 17.8. The zero-order valence-electron chi connectivity index (χ0n) is 15.2. The minimum atomic E-state index is 0.379. The molecule has 4 nitrogen and oxygen atoms in total. The van der Waals surface area contributed by atoms with Crippen molar-refractivity contribution in [2.45, 2.75) is 26.5 Å². The Bertz CT molecular complexity index is 654. The molecule has 0 saturated carbocycles. The van der Waals surface area contributed by atoms with E-state index in [0.29, 0.717) is 19.3 Å². The lowest BCUT2D eigenvalue weighted by molar-refractivity contribution is 0.185. The van der Waals surface area contributed by atoms with Crippen molar-refractivity contribution in [3.8, 4) is 11.5 Å². The van der Waals surface area contributed by atoms with Crippen molar-refractivity contribution in [2.24, 2.45) is 0 Å². The molecule has 0 radical (unpaired) electrons. The van der Waals surface area contributed by atoms with E-state index < -0.39 is 0 Å². The maximum Gasteiger partial charge on any atom is 0.161 e. The lowest BCUT2D eigenvalue weighted by Gasteiger charge is -2.33. The Kier molecular flexibility index (Phi) is 6.31. The topological polar surface area (TPSA) is 33.7 Å². The molecular weight excluding hydrogens is 312 g/mol. The molecule has 0 amide bonds. The Balaban J connectivity index is 1.72. The third-order valence-corrected chi connectivity index (χ3v) is 4.69. The Morgan fingerprint density at radius 1 is 1.00 bits per heavy atom. The molecule has 3 rings (SSSR count). The van der Waals surface area contributed by atoms with E-state index in [1.807, 2.05) is 31.2 Å². The number of hydrogen-bond acceptors (Lipinski definition) is 4. The van der Waals surface area contributed by atoms with E-state index >= 15 is 0 Å². The maximum absolute atomic E-state index is 6.01. The number of piperazine rings is 1. The summed E-state index contributed by atoms with van der Waals surface area (Å²) in [6.45, 7) is 9.73. The quantitative estimate of drug-likeness (QED) is 0.834. The molecule has 1 aliphatic rings. The van der Waals surface area contributed by atoms with Gasteiger partial charge in [-0.3, -0.25) is 4.90 Å². The van der Waals surface area contributed by atoms with Crippen LogP contribution < -0.4 is 14.8 Å². The van der Waals surface area contributed by atoms with Crippen LogP contribution in [-0.4, -0.2) is 37.7 Å². The summed E-state index contributed by atoms with van der Waals surface area (Å²) in [4.78, 5) is 2.51. The summed E-state index contributed by atoms with van der Waals surface area (Å²) in [6, 6.07) is 16.9. The normalized spacial score (nSPS) is 16.4. The number of ether oxygens (including phenoxy) is 2. The van der Waals surface area contributed by atoms with Gasteiger partial charge in [0.15, 0.2) is 11.5 Å². The molecule has 134 valence electrons. The lowest BCUT2D eigenvalue weighted by atomic mass is 10.1. The zero-order valence-corrected chi connectivity index (χ0v) is 15.2. The Labute approximate surface area is 150 Å². The first-order valence-corrected chi connectivity index (χ1v) is 9.16. The highest BCUT2D eigenvalue weighted by Crippen LogP contribution is 2.33. The standard InChI is InChI=1S/C21H28N2O2/c1-3-24-21-15-19(17(2)23-13-11-22-12-14-23)9-10-20(21)25-16-18-7-5-4-6-8-18/h4-10,15,17,22H,3,11-14,16H2,1-2H3. The second-order valence-electron chi connectivity index (χ2n) is 6.38.